The Bertz CT molecular complexity index is 432. The van der Waals surface area contributed by atoms with Crippen molar-refractivity contribution in [1.82, 2.24) is 0 Å². The van der Waals surface area contributed by atoms with Gasteiger partial charge in [0.25, 0.3) is 0 Å². The van der Waals surface area contributed by atoms with Crippen molar-refractivity contribution in [3.05, 3.63) is 29.6 Å². The quantitative estimate of drug-likeness (QED) is 0.870. The zero-order valence-electron chi connectivity index (χ0n) is 12.4. The van der Waals surface area contributed by atoms with Crippen LogP contribution >= 0.6 is 0 Å². The fourth-order valence-corrected chi connectivity index (χ4v) is 2.71. The maximum atomic E-state index is 13.5. The maximum absolute atomic E-state index is 13.5. The van der Waals surface area contributed by atoms with Gasteiger partial charge in [-0.2, -0.15) is 0 Å². The summed E-state index contributed by atoms with van der Waals surface area (Å²) in [5.41, 5.74) is 8.07. The van der Waals surface area contributed by atoms with E-state index in [4.69, 9.17) is 10.5 Å². The average Bonchev–Trinajstić information content (AvgIpc) is 2.91. The van der Waals surface area contributed by atoms with Gasteiger partial charge in [-0.05, 0) is 49.4 Å². The highest BCUT2D eigenvalue weighted by atomic mass is 19.1. The molecule has 0 aromatic heterocycles. The number of likely N-dealkylation sites (N-methyl/N-ethyl adjacent to an activating group) is 1. The second kappa shape index (κ2) is 7.04. The molecule has 0 bridgehead atoms. The number of rotatable bonds is 6. The zero-order chi connectivity index (χ0) is 14.5. The summed E-state index contributed by atoms with van der Waals surface area (Å²) in [4.78, 5) is 2.16. The fraction of sp³-hybridized carbons (Fsp3) is 0.625. The van der Waals surface area contributed by atoms with Crippen LogP contribution in [0.3, 0.4) is 0 Å². The molecular weight excluding hydrogens is 255 g/mol. The van der Waals surface area contributed by atoms with Crippen molar-refractivity contribution < 1.29 is 9.13 Å². The summed E-state index contributed by atoms with van der Waals surface area (Å²) in [5, 5.41) is 0. The van der Waals surface area contributed by atoms with Gasteiger partial charge in [-0.25, -0.2) is 4.39 Å². The SMILES string of the molecule is CCC(N)Cc1cc(F)ccc1N(C)CC1CCCO1. The monoisotopic (exact) mass is 280 g/mol. The van der Waals surface area contributed by atoms with E-state index in [1.54, 1.807) is 6.07 Å². The molecule has 0 radical (unpaired) electrons. The van der Waals surface area contributed by atoms with Crippen molar-refractivity contribution in [3.8, 4) is 0 Å². The summed E-state index contributed by atoms with van der Waals surface area (Å²) < 4.78 is 19.2. The molecular formula is C16H25FN2O. The lowest BCUT2D eigenvalue weighted by Gasteiger charge is -2.26. The van der Waals surface area contributed by atoms with Crippen LogP contribution in [0.1, 0.15) is 31.7 Å². The van der Waals surface area contributed by atoms with Crippen LogP contribution in [0.25, 0.3) is 0 Å². The standard InChI is InChI=1S/C16H25FN2O/c1-3-14(18)10-12-9-13(17)6-7-16(12)19(2)11-15-5-4-8-20-15/h6-7,9,14-15H,3-5,8,10-11,18H2,1-2H3. The number of hydrogen-bond acceptors (Lipinski definition) is 3. The van der Waals surface area contributed by atoms with Crippen LogP contribution < -0.4 is 10.6 Å². The van der Waals surface area contributed by atoms with Gasteiger partial charge in [0, 0.05) is 31.9 Å². The number of anilines is 1. The van der Waals surface area contributed by atoms with Gasteiger partial charge in [-0.15, -0.1) is 0 Å². The van der Waals surface area contributed by atoms with E-state index in [9.17, 15) is 4.39 Å². The molecule has 3 nitrogen and oxygen atoms in total. The van der Waals surface area contributed by atoms with Crippen molar-refractivity contribution in [1.29, 1.82) is 0 Å². The van der Waals surface area contributed by atoms with E-state index in [2.05, 4.69) is 11.8 Å². The van der Waals surface area contributed by atoms with E-state index < -0.39 is 0 Å². The molecule has 2 atom stereocenters. The van der Waals surface area contributed by atoms with Crippen LogP contribution in [0.5, 0.6) is 0 Å². The number of halogens is 1. The zero-order valence-corrected chi connectivity index (χ0v) is 12.4. The minimum Gasteiger partial charge on any atom is -0.376 e. The summed E-state index contributed by atoms with van der Waals surface area (Å²) >= 11 is 0. The first-order valence-corrected chi connectivity index (χ1v) is 7.47. The van der Waals surface area contributed by atoms with Gasteiger partial charge < -0.3 is 15.4 Å². The van der Waals surface area contributed by atoms with E-state index in [1.807, 2.05) is 13.1 Å². The highest BCUT2D eigenvalue weighted by Gasteiger charge is 2.19. The van der Waals surface area contributed by atoms with Crippen LogP contribution in [-0.2, 0) is 11.2 Å². The Morgan fingerprint density at radius 2 is 2.30 bits per heavy atom. The number of nitrogens with zero attached hydrogens (tertiary/aromatic N) is 1. The van der Waals surface area contributed by atoms with Gasteiger partial charge in [0.15, 0.2) is 0 Å². The lowest BCUT2D eigenvalue weighted by Crippen LogP contribution is -2.30. The minimum absolute atomic E-state index is 0.0756. The van der Waals surface area contributed by atoms with Gasteiger partial charge >= 0.3 is 0 Å². The van der Waals surface area contributed by atoms with Gasteiger partial charge in [0.05, 0.1) is 6.10 Å². The lowest BCUT2D eigenvalue weighted by molar-refractivity contribution is 0.116. The molecule has 1 aliphatic heterocycles. The summed E-state index contributed by atoms with van der Waals surface area (Å²) in [5.74, 6) is -0.197. The molecule has 1 fully saturated rings. The van der Waals surface area contributed by atoms with Crippen molar-refractivity contribution in [2.24, 2.45) is 5.73 Å². The number of ether oxygens (including phenoxy) is 1. The number of nitrogens with two attached hydrogens (primary N) is 1. The lowest BCUT2D eigenvalue weighted by atomic mass is 10.0. The largest absolute Gasteiger partial charge is 0.376 e. The number of hydrogen-bond donors (Lipinski definition) is 1. The highest BCUT2D eigenvalue weighted by molar-refractivity contribution is 5.53. The fourth-order valence-electron chi connectivity index (χ4n) is 2.71. The Balaban J connectivity index is 2.11. The minimum atomic E-state index is -0.197. The second-order valence-corrected chi connectivity index (χ2v) is 5.66. The molecule has 0 spiro atoms. The van der Waals surface area contributed by atoms with Crippen LogP contribution in [0.15, 0.2) is 18.2 Å². The Kier molecular flexibility index (Phi) is 5.38. The van der Waals surface area contributed by atoms with E-state index in [1.165, 1.54) is 6.07 Å². The number of benzene rings is 1. The molecule has 1 aromatic rings. The Morgan fingerprint density at radius 3 is 2.95 bits per heavy atom. The molecule has 1 saturated heterocycles. The van der Waals surface area contributed by atoms with Crippen LogP contribution in [0.2, 0.25) is 0 Å². The van der Waals surface area contributed by atoms with Gasteiger partial charge in [-0.1, -0.05) is 6.92 Å². The smallest absolute Gasteiger partial charge is 0.123 e. The molecule has 0 aliphatic carbocycles. The summed E-state index contributed by atoms with van der Waals surface area (Å²) in [6.45, 7) is 3.76. The first kappa shape index (κ1) is 15.3. The van der Waals surface area contributed by atoms with Crippen molar-refractivity contribution in [3.63, 3.8) is 0 Å². The molecule has 2 rings (SSSR count). The third-order valence-corrected chi connectivity index (χ3v) is 3.96. The molecule has 0 saturated carbocycles. The van der Waals surface area contributed by atoms with Gasteiger partial charge in [0.1, 0.15) is 5.82 Å². The Hall–Kier alpha value is -1.13. The Morgan fingerprint density at radius 1 is 1.50 bits per heavy atom. The molecule has 20 heavy (non-hydrogen) atoms. The topological polar surface area (TPSA) is 38.5 Å². The van der Waals surface area contributed by atoms with Gasteiger partial charge in [0.2, 0.25) is 0 Å². The van der Waals surface area contributed by atoms with Crippen LogP contribution in [0.4, 0.5) is 10.1 Å². The molecule has 1 aliphatic rings. The Labute approximate surface area is 120 Å². The first-order chi connectivity index (χ1) is 9.60. The molecule has 0 amide bonds. The molecule has 4 heteroatoms. The van der Waals surface area contributed by atoms with E-state index in [0.29, 0.717) is 6.42 Å². The molecule has 1 heterocycles. The first-order valence-electron chi connectivity index (χ1n) is 7.47. The predicted molar refractivity (Wildman–Crippen MR) is 80.6 cm³/mol. The average molecular weight is 280 g/mol. The van der Waals surface area contributed by atoms with Crippen molar-refractivity contribution in [2.75, 3.05) is 25.1 Å². The van der Waals surface area contributed by atoms with Crippen molar-refractivity contribution >= 4 is 5.69 Å². The van der Waals surface area contributed by atoms with Crippen LogP contribution in [0, 0.1) is 5.82 Å². The van der Waals surface area contributed by atoms with E-state index >= 15 is 0 Å². The normalized spacial score (nSPS) is 20.1. The third kappa shape index (κ3) is 3.93. The molecule has 1 aromatic carbocycles. The van der Waals surface area contributed by atoms with Crippen molar-refractivity contribution in [2.45, 2.75) is 44.8 Å². The maximum Gasteiger partial charge on any atom is 0.123 e. The molecule has 2 N–H and O–H groups in total. The summed E-state index contributed by atoms with van der Waals surface area (Å²) in [6, 6.07) is 5.05. The van der Waals surface area contributed by atoms with Crippen LogP contribution in [-0.4, -0.2) is 32.3 Å². The van der Waals surface area contributed by atoms with E-state index in [-0.39, 0.29) is 18.0 Å². The van der Waals surface area contributed by atoms with E-state index in [0.717, 1.165) is 43.7 Å². The highest BCUT2D eigenvalue weighted by Crippen LogP contribution is 2.24. The summed E-state index contributed by atoms with van der Waals surface area (Å²) in [6.07, 6.45) is 4.13. The second-order valence-electron chi connectivity index (χ2n) is 5.66. The summed E-state index contributed by atoms with van der Waals surface area (Å²) in [7, 11) is 2.04. The van der Waals surface area contributed by atoms with Gasteiger partial charge in [-0.3, -0.25) is 0 Å². The predicted octanol–water partition coefficient (Wildman–Crippen LogP) is 2.72. The molecule has 2 unspecified atom stereocenters. The third-order valence-electron chi connectivity index (χ3n) is 3.96. The molecule has 112 valence electrons.